The standard InChI is InChI=1S/C18H31N5O2.HI/c1-19-18(21-7-4-9-24-13-16-6-10-25-14-16)22-12-15-5-8-20-17(11-15)23(2)3;/h5,8,11,16H,4,6-7,9-10,12-14H2,1-3H3,(H2,19,21,22);1H. The van der Waals surface area contributed by atoms with E-state index < -0.39 is 0 Å². The molecule has 1 aliphatic heterocycles. The molecule has 148 valence electrons. The molecule has 8 heteroatoms. The van der Waals surface area contributed by atoms with E-state index in [-0.39, 0.29) is 24.0 Å². The summed E-state index contributed by atoms with van der Waals surface area (Å²) in [5.74, 6) is 2.33. The monoisotopic (exact) mass is 477 g/mol. The third-order valence-electron chi connectivity index (χ3n) is 4.09. The number of nitrogens with zero attached hydrogens (tertiary/aromatic N) is 3. The van der Waals surface area contributed by atoms with Gasteiger partial charge in [0.15, 0.2) is 5.96 Å². The van der Waals surface area contributed by atoms with Gasteiger partial charge in [0, 0.05) is 59.6 Å². The van der Waals surface area contributed by atoms with Gasteiger partial charge in [0.05, 0.1) is 13.2 Å². The first-order valence-corrected chi connectivity index (χ1v) is 8.91. The van der Waals surface area contributed by atoms with Gasteiger partial charge in [0.1, 0.15) is 5.82 Å². The second-order valence-corrected chi connectivity index (χ2v) is 6.43. The molecule has 2 rings (SSSR count). The normalized spacial score (nSPS) is 16.9. The Morgan fingerprint density at radius 1 is 1.42 bits per heavy atom. The van der Waals surface area contributed by atoms with E-state index in [0.29, 0.717) is 12.5 Å². The average molecular weight is 477 g/mol. The molecule has 26 heavy (non-hydrogen) atoms. The van der Waals surface area contributed by atoms with Gasteiger partial charge in [-0.2, -0.15) is 0 Å². The molecular formula is C18H32IN5O2. The summed E-state index contributed by atoms with van der Waals surface area (Å²) in [6.07, 6.45) is 3.91. The predicted molar refractivity (Wildman–Crippen MR) is 117 cm³/mol. The maximum atomic E-state index is 5.71. The van der Waals surface area contributed by atoms with Crippen LogP contribution in [0.2, 0.25) is 0 Å². The summed E-state index contributed by atoms with van der Waals surface area (Å²) < 4.78 is 11.0. The molecule has 1 aromatic heterocycles. The third-order valence-corrected chi connectivity index (χ3v) is 4.09. The van der Waals surface area contributed by atoms with E-state index in [0.717, 1.165) is 57.6 Å². The van der Waals surface area contributed by atoms with Gasteiger partial charge in [-0.05, 0) is 30.5 Å². The summed E-state index contributed by atoms with van der Waals surface area (Å²) in [6.45, 7) is 4.84. The van der Waals surface area contributed by atoms with Crippen LogP contribution in [0.5, 0.6) is 0 Å². The zero-order valence-electron chi connectivity index (χ0n) is 16.0. The highest BCUT2D eigenvalue weighted by atomic mass is 127. The fraction of sp³-hybridized carbons (Fsp3) is 0.667. The number of aliphatic imine (C=N–C) groups is 1. The van der Waals surface area contributed by atoms with Crippen LogP contribution in [-0.2, 0) is 16.0 Å². The lowest BCUT2D eigenvalue weighted by molar-refractivity contribution is 0.0888. The first-order chi connectivity index (χ1) is 12.2. The van der Waals surface area contributed by atoms with Gasteiger partial charge in [-0.25, -0.2) is 4.98 Å². The van der Waals surface area contributed by atoms with Gasteiger partial charge in [-0.15, -0.1) is 24.0 Å². The van der Waals surface area contributed by atoms with Crippen molar-refractivity contribution in [2.75, 3.05) is 59.0 Å². The van der Waals surface area contributed by atoms with Crippen molar-refractivity contribution >= 4 is 35.8 Å². The number of guanidine groups is 1. The van der Waals surface area contributed by atoms with Crippen molar-refractivity contribution < 1.29 is 9.47 Å². The van der Waals surface area contributed by atoms with Crippen molar-refractivity contribution in [3.05, 3.63) is 23.9 Å². The van der Waals surface area contributed by atoms with E-state index in [1.165, 1.54) is 5.56 Å². The summed E-state index contributed by atoms with van der Waals surface area (Å²) in [5, 5.41) is 6.64. The largest absolute Gasteiger partial charge is 0.381 e. The maximum absolute atomic E-state index is 5.71. The summed E-state index contributed by atoms with van der Waals surface area (Å²) in [4.78, 5) is 10.6. The minimum Gasteiger partial charge on any atom is -0.381 e. The van der Waals surface area contributed by atoms with E-state index in [2.05, 4.69) is 26.7 Å². The molecular weight excluding hydrogens is 445 g/mol. The first-order valence-electron chi connectivity index (χ1n) is 8.91. The van der Waals surface area contributed by atoms with Crippen molar-refractivity contribution in [1.82, 2.24) is 15.6 Å². The van der Waals surface area contributed by atoms with Crippen LogP contribution in [0, 0.1) is 5.92 Å². The van der Waals surface area contributed by atoms with Crippen LogP contribution < -0.4 is 15.5 Å². The van der Waals surface area contributed by atoms with Crippen molar-refractivity contribution in [3.63, 3.8) is 0 Å². The van der Waals surface area contributed by atoms with E-state index >= 15 is 0 Å². The molecule has 0 spiro atoms. The van der Waals surface area contributed by atoms with Crippen LogP contribution in [0.4, 0.5) is 5.82 Å². The van der Waals surface area contributed by atoms with E-state index in [9.17, 15) is 0 Å². The van der Waals surface area contributed by atoms with Crippen molar-refractivity contribution in [3.8, 4) is 0 Å². The highest BCUT2D eigenvalue weighted by molar-refractivity contribution is 14.0. The molecule has 1 unspecified atom stereocenters. The second kappa shape index (κ2) is 13.1. The van der Waals surface area contributed by atoms with Gasteiger partial charge < -0.3 is 25.0 Å². The van der Waals surface area contributed by atoms with Gasteiger partial charge in [0.25, 0.3) is 0 Å². The number of nitrogens with one attached hydrogen (secondary N) is 2. The molecule has 1 aromatic rings. The van der Waals surface area contributed by atoms with Crippen molar-refractivity contribution in [2.24, 2.45) is 10.9 Å². The van der Waals surface area contributed by atoms with Gasteiger partial charge in [-0.1, -0.05) is 0 Å². The number of ether oxygens (including phenoxy) is 2. The lowest BCUT2D eigenvalue weighted by Crippen LogP contribution is -2.37. The topological polar surface area (TPSA) is 71.0 Å². The van der Waals surface area contributed by atoms with Gasteiger partial charge in [-0.3, -0.25) is 4.99 Å². The summed E-state index contributed by atoms with van der Waals surface area (Å²) in [5.41, 5.74) is 1.17. The Labute approximate surface area is 174 Å². The fourth-order valence-corrected chi connectivity index (χ4v) is 2.57. The van der Waals surface area contributed by atoms with Crippen LogP contribution >= 0.6 is 24.0 Å². The van der Waals surface area contributed by atoms with Crippen LogP contribution in [0.15, 0.2) is 23.3 Å². The quantitative estimate of drug-likeness (QED) is 0.245. The molecule has 1 atom stereocenters. The minimum absolute atomic E-state index is 0. The molecule has 7 nitrogen and oxygen atoms in total. The Balaban J connectivity index is 0.00000338. The smallest absolute Gasteiger partial charge is 0.191 e. The molecule has 1 saturated heterocycles. The summed E-state index contributed by atoms with van der Waals surface area (Å²) >= 11 is 0. The molecule has 0 aromatic carbocycles. The number of pyridine rings is 1. The fourth-order valence-electron chi connectivity index (χ4n) is 2.57. The summed E-state index contributed by atoms with van der Waals surface area (Å²) in [7, 11) is 5.76. The molecule has 0 amide bonds. The number of anilines is 1. The Kier molecular flexibility index (Phi) is 11.5. The molecule has 0 saturated carbocycles. The number of aromatic nitrogens is 1. The average Bonchev–Trinajstić information content (AvgIpc) is 3.14. The molecule has 0 radical (unpaired) electrons. The molecule has 2 heterocycles. The highest BCUT2D eigenvalue weighted by Crippen LogP contribution is 2.12. The highest BCUT2D eigenvalue weighted by Gasteiger charge is 2.15. The van der Waals surface area contributed by atoms with Crippen LogP contribution in [0.1, 0.15) is 18.4 Å². The third kappa shape index (κ3) is 8.50. The predicted octanol–water partition coefficient (Wildman–Crippen LogP) is 1.87. The van der Waals surface area contributed by atoms with Crippen LogP contribution in [0.3, 0.4) is 0 Å². The molecule has 1 fully saturated rings. The Hall–Kier alpha value is -1.13. The van der Waals surface area contributed by atoms with Crippen molar-refractivity contribution in [2.45, 2.75) is 19.4 Å². The first kappa shape index (κ1) is 22.9. The van der Waals surface area contributed by atoms with E-state index in [1.807, 2.05) is 31.3 Å². The SMILES string of the molecule is CN=C(NCCCOCC1CCOC1)NCc1ccnc(N(C)C)c1.I. The van der Waals surface area contributed by atoms with Gasteiger partial charge >= 0.3 is 0 Å². The minimum atomic E-state index is 0. The zero-order valence-corrected chi connectivity index (χ0v) is 18.4. The molecule has 0 bridgehead atoms. The van der Waals surface area contributed by atoms with E-state index in [4.69, 9.17) is 9.47 Å². The Bertz CT molecular complexity index is 536. The number of halogens is 1. The van der Waals surface area contributed by atoms with Crippen LogP contribution in [-0.4, -0.2) is 65.1 Å². The van der Waals surface area contributed by atoms with Crippen LogP contribution in [0.25, 0.3) is 0 Å². The zero-order chi connectivity index (χ0) is 17.9. The Morgan fingerprint density at radius 2 is 2.27 bits per heavy atom. The molecule has 1 aliphatic rings. The van der Waals surface area contributed by atoms with Gasteiger partial charge in [0.2, 0.25) is 0 Å². The number of hydrogen-bond donors (Lipinski definition) is 2. The Morgan fingerprint density at radius 3 is 2.96 bits per heavy atom. The molecule has 0 aliphatic carbocycles. The maximum Gasteiger partial charge on any atom is 0.191 e. The van der Waals surface area contributed by atoms with E-state index in [1.54, 1.807) is 7.05 Å². The lowest BCUT2D eigenvalue weighted by atomic mass is 10.1. The second-order valence-electron chi connectivity index (χ2n) is 6.43. The summed E-state index contributed by atoms with van der Waals surface area (Å²) in [6, 6.07) is 4.08. The lowest BCUT2D eigenvalue weighted by Gasteiger charge is -2.14. The number of hydrogen-bond acceptors (Lipinski definition) is 5. The number of rotatable bonds is 9. The molecule has 2 N–H and O–H groups in total. The van der Waals surface area contributed by atoms with Crippen molar-refractivity contribution in [1.29, 1.82) is 0 Å².